The summed E-state index contributed by atoms with van der Waals surface area (Å²) in [6.07, 6.45) is 0.758. The number of unbranched alkanes of at least 4 members (excludes halogenated alkanes) is 2. The van der Waals surface area contributed by atoms with Crippen LogP contribution in [0, 0.1) is 5.92 Å². The number of rotatable bonds is 14. The highest BCUT2D eigenvalue weighted by atomic mass is 35.5. The number of carbonyl (C=O) groups is 4. The van der Waals surface area contributed by atoms with E-state index in [1.165, 1.54) is 11.8 Å². The van der Waals surface area contributed by atoms with Crippen LogP contribution in [0.3, 0.4) is 0 Å². The molecule has 3 heterocycles. The van der Waals surface area contributed by atoms with E-state index in [1.54, 1.807) is 25.0 Å². The van der Waals surface area contributed by atoms with Crippen molar-refractivity contribution in [3.05, 3.63) is 0 Å². The first-order valence-corrected chi connectivity index (χ1v) is 18.0. The summed E-state index contributed by atoms with van der Waals surface area (Å²) >= 11 is 7.78. The fourth-order valence-corrected chi connectivity index (χ4v) is 7.27. The van der Waals surface area contributed by atoms with Crippen molar-refractivity contribution >= 4 is 47.3 Å². The maximum atomic E-state index is 14.0. The number of halogens is 1. The molecule has 45 heavy (non-hydrogen) atoms. The molecule has 11 atom stereocenters. The Morgan fingerprint density at radius 1 is 1.11 bits per heavy atom. The largest absolute Gasteiger partial charge is 0.509 e. The minimum atomic E-state index is -1.52. The highest BCUT2D eigenvalue weighted by Crippen LogP contribution is 2.33. The summed E-state index contributed by atoms with van der Waals surface area (Å²) in [5.74, 6) is -0.918. The lowest BCUT2D eigenvalue weighted by Crippen LogP contribution is -2.66. The van der Waals surface area contributed by atoms with Crippen molar-refractivity contribution in [2.45, 2.75) is 151 Å². The molecule has 0 spiro atoms. The predicted octanol–water partition coefficient (Wildman–Crippen LogP) is 3.51. The highest BCUT2D eigenvalue weighted by Gasteiger charge is 2.50. The lowest BCUT2D eigenvalue weighted by molar-refractivity contribution is -0.219. The number of hydrogen-bond donors (Lipinski definition) is 3. The van der Waals surface area contributed by atoms with Gasteiger partial charge in [0.2, 0.25) is 11.8 Å². The Morgan fingerprint density at radius 2 is 1.84 bits per heavy atom. The van der Waals surface area contributed by atoms with Crippen molar-refractivity contribution in [1.29, 1.82) is 0 Å². The maximum absolute atomic E-state index is 14.0. The third-order valence-electron chi connectivity index (χ3n) is 8.98. The Kier molecular flexibility index (Phi) is 15.0. The van der Waals surface area contributed by atoms with Crippen LogP contribution in [0.2, 0.25) is 0 Å². The van der Waals surface area contributed by atoms with E-state index in [4.69, 9.17) is 30.5 Å². The summed E-state index contributed by atoms with van der Waals surface area (Å²) in [4.78, 5) is 53.1. The molecule has 0 aromatic heterocycles. The molecule has 3 saturated heterocycles. The maximum Gasteiger partial charge on any atom is 0.509 e. The SMILES string of the molecule is CCCCCC(=O)OC1C(SC)OC(C(NC(=O)C2CCC(CCC)CCN2C(=O)CC2OC(=O)OC2C)C(C)Cl)C(O)C1O. The molecule has 0 radical (unpaired) electrons. The Morgan fingerprint density at radius 3 is 2.44 bits per heavy atom. The van der Waals surface area contributed by atoms with Gasteiger partial charge < -0.3 is 39.4 Å². The molecule has 11 unspecified atom stereocenters. The van der Waals surface area contributed by atoms with Crippen molar-refractivity contribution in [2.24, 2.45) is 5.92 Å². The highest BCUT2D eigenvalue weighted by molar-refractivity contribution is 7.99. The van der Waals surface area contributed by atoms with E-state index in [0.717, 1.165) is 38.5 Å². The average Bonchev–Trinajstić information content (AvgIpc) is 3.17. The number of cyclic esters (lactones) is 2. The summed E-state index contributed by atoms with van der Waals surface area (Å²) in [5.41, 5.74) is -0.817. The van der Waals surface area contributed by atoms with Crippen molar-refractivity contribution in [3.63, 3.8) is 0 Å². The van der Waals surface area contributed by atoms with Crippen LogP contribution in [-0.2, 0) is 33.3 Å². The Balaban J connectivity index is 1.76. The van der Waals surface area contributed by atoms with Gasteiger partial charge in [-0.1, -0.05) is 39.5 Å². The minimum Gasteiger partial charge on any atom is -0.456 e. The van der Waals surface area contributed by atoms with Gasteiger partial charge in [0.05, 0.1) is 17.8 Å². The number of alkyl halides is 1. The molecule has 12 nitrogen and oxygen atoms in total. The number of likely N-dealkylation sites (tertiary alicyclic amines) is 1. The van der Waals surface area contributed by atoms with E-state index in [0.29, 0.717) is 25.3 Å². The Bertz CT molecular complexity index is 1000. The molecule has 3 fully saturated rings. The standard InChI is InChI=1S/C31H51ClN2O10S/c1-6-8-9-11-23(36)43-28-26(38)25(37)27(44-30(28)45-5)24(17(3)32)33-29(39)20-13-12-19(10-7-2)14-15-34(20)22(35)16-21-18(4)41-31(40)42-21/h17-21,24-28,30,37-38H,6-16H2,1-5H3,(H,33,39). The number of ether oxygens (including phenoxy) is 4. The van der Waals surface area contributed by atoms with Crippen LogP contribution in [0.5, 0.6) is 0 Å². The molecule has 0 aromatic rings. The monoisotopic (exact) mass is 678 g/mol. The number of carbonyl (C=O) groups excluding carboxylic acids is 4. The molecule has 0 bridgehead atoms. The molecule has 0 aromatic carbocycles. The number of aliphatic hydroxyl groups is 2. The molecule has 3 aliphatic heterocycles. The summed E-state index contributed by atoms with van der Waals surface area (Å²) in [6.45, 7) is 7.79. The van der Waals surface area contributed by atoms with Gasteiger partial charge in [0, 0.05) is 13.0 Å². The number of thioether (sulfide) groups is 1. The van der Waals surface area contributed by atoms with Crippen molar-refractivity contribution in [1.82, 2.24) is 10.2 Å². The summed E-state index contributed by atoms with van der Waals surface area (Å²) < 4.78 is 21.9. The summed E-state index contributed by atoms with van der Waals surface area (Å²) in [7, 11) is 0. The molecule has 3 rings (SSSR count). The van der Waals surface area contributed by atoms with Gasteiger partial charge in [-0.2, -0.15) is 0 Å². The number of hydrogen-bond acceptors (Lipinski definition) is 11. The molecule has 0 saturated carbocycles. The van der Waals surface area contributed by atoms with Gasteiger partial charge >= 0.3 is 12.1 Å². The van der Waals surface area contributed by atoms with Gasteiger partial charge in [0.15, 0.2) is 12.2 Å². The molecule has 3 N–H and O–H groups in total. The van der Waals surface area contributed by atoms with Gasteiger partial charge in [-0.15, -0.1) is 23.4 Å². The van der Waals surface area contributed by atoms with E-state index in [1.807, 2.05) is 6.92 Å². The van der Waals surface area contributed by atoms with Crippen molar-refractivity contribution < 1.29 is 48.3 Å². The fraction of sp³-hybridized carbons (Fsp3) is 0.871. The predicted molar refractivity (Wildman–Crippen MR) is 169 cm³/mol. The van der Waals surface area contributed by atoms with E-state index in [9.17, 15) is 29.4 Å². The van der Waals surface area contributed by atoms with Gasteiger partial charge in [-0.3, -0.25) is 14.4 Å². The van der Waals surface area contributed by atoms with Crippen LogP contribution >= 0.6 is 23.4 Å². The van der Waals surface area contributed by atoms with E-state index < -0.39 is 77.6 Å². The van der Waals surface area contributed by atoms with Crippen LogP contribution in [-0.4, -0.2) is 111 Å². The topological polar surface area (TPSA) is 161 Å². The van der Waals surface area contributed by atoms with Crippen molar-refractivity contribution in [3.8, 4) is 0 Å². The smallest absolute Gasteiger partial charge is 0.456 e. The number of amides is 2. The van der Waals surface area contributed by atoms with Gasteiger partial charge in [-0.25, -0.2) is 4.79 Å². The van der Waals surface area contributed by atoms with Crippen LogP contribution in [0.25, 0.3) is 0 Å². The van der Waals surface area contributed by atoms with E-state index in [-0.39, 0.29) is 18.7 Å². The third-order valence-corrected chi connectivity index (χ3v) is 10.1. The quantitative estimate of drug-likeness (QED) is 0.140. The summed E-state index contributed by atoms with van der Waals surface area (Å²) in [6, 6.07) is -1.78. The van der Waals surface area contributed by atoms with Crippen LogP contribution in [0.4, 0.5) is 4.79 Å². The fourth-order valence-electron chi connectivity index (χ4n) is 6.33. The minimum absolute atomic E-state index is 0.116. The van der Waals surface area contributed by atoms with Crippen LogP contribution in [0.1, 0.15) is 91.9 Å². The zero-order valence-corrected chi connectivity index (χ0v) is 28.6. The van der Waals surface area contributed by atoms with Gasteiger partial charge in [0.1, 0.15) is 35.9 Å². The zero-order chi connectivity index (χ0) is 33.3. The lowest BCUT2D eigenvalue weighted by Gasteiger charge is -2.45. The van der Waals surface area contributed by atoms with E-state index in [2.05, 4.69) is 12.2 Å². The van der Waals surface area contributed by atoms with Gasteiger partial charge in [0.25, 0.3) is 0 Å². The molecule has 14 heteroatoms. The molecular weight excluding hydrogens is 628 g/mol. The average molecular weight is 679 g/mol. The molecule has 2 amide bonds. The Labute approximate surface area is 275 Å². The molecule has 258 valence electrons. The second kappa shape index (κ2) is 17.9. The lowest BCUT2D eigenvalue weighted by atomic mass is 9.92. The first kappa shape index (κ1) is 37.7. The second-order valence-corrected chi connectivity index (χ2v) is 14.0. The number of nitrogens with zero attached hydrogens (tertiary/aromatic N) is 1. The third kappa shape index (κ3) is 10.1. The molecular formula is C31H51ClN2O10S. The van der Waals surface area contributed by atoms with E-state index >= 15 is 0 Å². The van der Waals surface area contributed by atoms with Crippen LogP contribution in [0.15, 0.2) is 0 Å². The normalized spacial score (nSPS) is 33.4. The number of nitrogens with one attached hydrogen (secondary N) is 1. The first-order chi connectivity index (χ1) is 21.4. The van der Waals surface area contributed by atoms with Gasteiger partial charge in [-0.05, 0) is 51.7 Å². The molecule has 0 aliphatic carbocycles. The Hall–Kier alpha value is -1.80. The first-order valence-electron chi connectivity index (χ1n) is 16.3. The second-order valence-electron chi connectivity index (χ2n) is 12.4. The number of esters is 1. The van der Waals surface area contributed by atoms with Crippen LogP contribution < -0.4 is 5.32 Å². The van der Waals surface area contributed by atoms with Crippen molar-refractivity contribution in [2.75, 3.05) is 12.8 Å². The summed E-state index contributed by atoms with van der Waals surface area (Å²) in [5, 5.41) is 24.4. The molecule has 3 aliphatic rings. The number of aliphatic hydroxyl groups excluding tert-OH is 2. The zero-order valence-electron chi connectivity index (χ0n) is 27.0.